The standard InChI is InChI=1S/C13H19NO5/c1-3-9(4-2)10(15)5-8-13(18)19-14-11(16)6-7-12(14)17/h9H,3-8H2,1-2H3. The minimum Gasteiger partial charge on any atom is -0.330 e. The summed E-state index contributed by atoms with van der Waals surface area (Å²) >= 11 is 0. The van der Waals surface area contributed by atoms with E-state index in [9.17, 15) is 19.2 Å². The molecule has 6 heteroatoms. The summed E-state index contributed by atoms with van der Waals surface area (Å²) in [6, 6.07) is 0. The van der Waals surface area contributed by atoms with Crippen LogP contribution in [0.5, 0.6) is 0 Å². The summed E-state index contributed by atoms with van der Waals surface area (Å²) < 4.78 is 0. The molecule has 6 nitrogen and oxygen atoms in total. The summed E-state index contributed by atoms with van der Waals surface area (Å²) in [7, 11) is 0. The summed E-state index contributed by atoms with van der Waals surface area (Å²) in [5.74, 6) is -1.76. The number of carbonyl (C=O) groups is 4. The van der Waals surface area contributed by atoms with Crippen molar-refractivity contribution < 1.29 is 24.0 Å². The van der Waals surface area contributed by atoms with Gasteiger partial charge in [0.2, 0.25) is 0 Å². The quantitative estimate of drug-likeness (QED) is 0.652. The molecule has 1 heterocycles. The highest BCUT2D eigenvalue weighted by Crippen LogP contribution is 2.15. The molecule has 1 aliphatic rings. The maximum absolute atomic E-state index is 11.7. The Hall–Kier alpha value is -1.72. The van der Waals surface area contributed by atoms with Gasteiger partial charge in [-0.25, -0.2) is 4.79 Å². The highest BCUT2D eigenvalue weighted by Gasteiger charge is 2.32. The van der Waals surface area contributed by atoms with Crippen LogP contribution in [-0.4, -0.2) is 28.6 Å². The topological polar surface area (TPSA) is 80.8 Å². The van der Waals surface area contributed by atoms with E-state index in [-0.39, 0.29) is 37.4 Å². The van der Waals surface area contributed by atoms with Crippen molar-refractivity contribution in [2.45, 2.75) is 52.4 Å². The van der Waals surface area contributed by atoms with Crippen molar-refractivity contribution in [3.8, 4) is 0 Å². The van der Waals surface area contributed by atoms with E-state index in [0.717, 1.165) is 12.8 Å². The van der Waals surface area contributed by atoms with Crippen LogP contribution in [0, 0.1) is 5.92 Å². The molecule has 0 N–H and O–H groups in total. The van der Waals surface area contributed by atoms with Crippen LogP contribution in [0.1, 0.15) is 52.4 Å². The lowest BCUT2D eigenvalue weighted by molar-refractivity contribution is -0.197. The van der Waals surface area contributed by atoms with E-state index >= 15 is 0 Å². The lowest BCUT2D eigenvalue weighted by Crippen LogP contribution is -2.32. The average Bonchev–Trinajstić information content (AvgIpc) is 2.69. The molecule has 0 radical (unpaired) electrons. The van der Waals surface area contributed by atoms with Gasteiger partial charge in [-0.2, -0.15) is 0 Å². The number of ketones is 1. The van der Waals surface area contributed by atoms with Gasteiger partial charge >= 0.3 is 5.97 Å². The Morgan fingerprint density at radius 3 is 2.11 bits per heavy atom. The second kappa shape index (κ2) is 7.01. The molecular formula is C13H19NO5. The Morgan fingerprint density at radius 1 is 1.11 bits per heavy atom. The molecule has 106 valence electrons. The Labute approximate surface area is 112 Å². The minimum atomic E-state index is -0.720. The van der Waals surface area contributed by atoms with E-state index in [1.807, 2.05) is 13.8 Å². The van der Waals surface area contributed by atoms with Crippen LogP contribution in [-0.2, 0) is 24.0 Å². The van der Waals surface area contributed by atoms with Gasteiger partial charge in [-0.15, -0.1) is 5.06 Å². The Bertz CT molecular complexity index is 370. The fourth-order valence-electron chi connectivity index (χ4n) is 1.98. The van der Waals surface area contributed by atoms with E-state index in [4.69, 9.17) is 0 Å². The molecule has 0 aromatic rings. The SMILES string of the molecule is CCC(CC)C(=O)CCC(=O)ON1C(=O)CCC1=O. The van der Waals surface area contributed by atoms with Crippen molar-refractivity contribution in [2.24, 2.45) is 5.92 Å². The summed E-state index contributed by atoms with van der Waals surface area (Å²) in [6.07, 6.45) is 1.60. The number of nitrogens with zero attached hydrogens (tertiary/aromatic N) is 1. The normalized spacial score (nSPS) is 15.2. The van der Waals surface area contributed by atoms with Gasteiger partial charge in [-0.05, 0) is 12.8 Å². The number of imide groups is 1. The average molecular weight is 269 g/mol. The molecule has 19 heavy (non-hydrogen) atoms. The predicted octanol–water partition coefficient (Wildman–Crippen LogP) is 1.38. The maximum atomic E-state index is 11.7. The van der Waals surface area contributed by atoms with Crippen LogP contribution in [0.15, 0.2) is 0 Å². The summed E-state index contributed by atoms with van der Waals surface area (Å²) in [6.45, 7) is 3.85. The van der Waals surface area contributed by atoms with Crippen molar-refractivity contribution in [1.82, 2.24) is 5.06 Å². The van der Waals surface area contributed by atoms with Gasteiger partial charge in [-0.1, -0.05) is 13.8 Å². The lowest BCUT2D eigenvalue weighted by atomic mass is 9.95. The van der Waals surface area contributed by atoms with Gasteiger partial charge in [-0.3, -0.25) is 14.4 Å². The third kappa shape index (κ3) is 4.15. The molecule has 0 unspecified atom stereocenters. The highest BCUT2D eigenvalue weighted by atomic mass is 16.7. The van der Waals surface area contributed by atoms with Gasteiger partial charge in [0.15, 0.2) is 0 Å². The van der Waals surface area contributed by atoms with Crippen molar-refractivity contribution in [3.63, 3.8) is 0 Å². The fourth-order valence-corrected chi connectivity index (χ4v) is 1.98. The van der Waals surface area contributed by atoms with Crippen LogP contribution >= 0.6 is 0 Å². The third-order valence-electron chi connectivity index (χ3n) is 3.22. The number of hydroxylamine groups is 2. The molecule has 0 aromatic heterocycles. The summed E-state index contributed by atoms with van der Waals surface area (Å²) in [5.41, 5.74) is 0. The molecule has 0 saturated carbocycles. The number of rotatable bonds is 7. The van der Waals surface area contributed by atoms with E-state index in [1.54, 1.807) is 0 Å². The Kier molecular flexibility index (Phi) is 5.66. The predicted molar refractivity (Wildman–Crippen MR) is 65.5 cm³/mol. The zero-order valence-corrected chi connectivity index (χ0v) is 11.3. The lowest BCUT2D eigenvalue weighted by Gasteiger charge is -2.13. The van der Waals surface area contributed by atoms with E-state index in [2.05, 4.69) is 4.84 Å². The van der Waals surface area contributed by atoms with Crippen LogP contribution in [0.3, 0.4) is 0 Å². The maximum Gasteiger partial charge on any atom is 0.333 e. The number of amides is 2. The number of hydrogen-bond donors (Lipinski definition) is 0. The summed E-state index contributed by atoms with van der Waals surface area (Å²) in [4.78, 5) is 50.3. The minimum absolute atomic E-state index is 0.0148. The molecule has 2 amide bonds. The number of hydrogen-bond acceptors (Lipinski definition) is 5. The molecule has 1 fully saturated rings. The Balaban J connectivity index is 2.38. The van der Waals surface area contributed by atoms with Gasteiger partial charge in [0.05, 0.1) is 6.42 Å². The first kappa shape index (κ1) is 15.3. The molecule has 0 bridgehead atoms. The Morgan fingerprint density at radius 2 is 1.63 bits per heavy atom. The molecule has 0 atom stereocenters. The van der Waals surface area contributed by atoms with Crippen molar-refractivity contribution in [2.75, 3.05) is 0 Å². The molecule has 1 saturated heterocycles. The molecule has 0 spiro atoms. The van der Waals surface area contributed by atoms with Crippen LogP contribution in [0.25, 0.3) is 0 Å². The fraction of sp³-hybridized carbons (Fsp3) is 0.692. The highest BCUT2D eigenvalue weighted by molar-refractivity contribution is 6.01. The smallest absolute Gasteiger partial charge is 0.330 e. The van der Waals surface area contributed by atoms with E-state index < -0.39 is 17.8 Å². The van der Waals surface area contributed by atoms with E-state index in [1.165, 1.54) is 0 Å². The van der Waals surface area contributed by atoms with Gasteiger partial charge in [0.25, 0.3) is 11.8 Å². The molecule has 1 rings (SSSR count). The van der Waals surface area contributed by atoms with Gasteiger partial charge in [0.1, 0.15) is 5.78 Å². The van der Waals surface area contributed by atoms with Crippen LogP contribution in [0.4, 0.5) is 0 Å². The van der Waals surface area contributed by atoms with Gasteiger partial charge in [0, 0.05) is 25.2 Å². The van der Waals surface area contributed by atoms with E-state index in [0.29, 0.717) is 5.06 Å². The number of Topliss-reactive ketones (excluding diaryl/α,β-unsaturated/α-hetero) is 1. The summed E-state index contributed by atoms with van der Waals surface area (Å²) in [5, 5.41) is 0.504. The third-order valence-corrected chi connectivity index (χ3v) is 3.22. The number of carbonyl (C=O) groups excluding carboxylic acids is 4. The van der Waals surface area contributed by atoms with Crippen molar-refractivity contribution >= 4 is 23.6 Å². The molecule has 1 aliphatic heterocycles. The largest absolute Gasteiger partial charge is 0.333 e. The monoisotopic (exact) mass is 269 g/mol. The molecule has 0 aliphatic carbocycles. The van der Waals surface area contributed by atoms with Crippen LogP contribution in [0.2, 0.25) is 0 Å². The van der Waals surface area contributed by atoms with Crippen molar-refractivity contribution in [3.05, 3.63) is 0 Å². The first-order valence-electron chi connectivity index (χ1n) is 6.58. The van der Waals surface area contributed by atoms with Gasteiger partial charge < -0.3 is 4.84 Å². The zero-order chi connectivity index (χ0) is 14.4. The second-order valence-corrected chi connectivity index (χ2v) is 4.52. The van der Waals surface area contributed by atoms with Crippen LogP contribution < -0.4 is 0 Å². The zero-order valence-electron chi connectivity index (χ0n) is 11.3. The first-order valence-corrected chi connectivity index (χ1v) is 6.58. The first-order chi connectivity index (χ1) is 8.99. The second-order valence-electron chi connectivity index (χ2n) is 4.52. The van der Waals surface area contributed by atoms with Crippen molar-refractivity contribution in [1.29, 1.82) is 0 Å². The molecular weight excluding hydrogens is 250 g/mol. The molecule has 0 aromatic carbocycles.